The second-order valence-electron chi connectivity index (χ2n) is 4.76. The van der Waals surface area contributed by atoms with E-state index in [0.29, 0.717) is 6.54 Å². The Kier molecular flexibility index (Phi) is 4.96. The summed E-state index contributed by atoms with van der Waals surface area (Å²) < 4.78 is 0. The molecule has 0 heterocycles. The van der Waals surface area contributed by atoms with Gasteiger partial charge in [0.05, 0.1) is 0 Å². The minimum absolute atomic E-state index is 0. The van der Waals surface area contributed by atoms with Crippen molar-refractivity contribution in [2.24, 2.45) is 5.73 Å². The summed E-state index contributed by atoms with van der Waals surface area (Å²) in [5, 5.41) is 8.65. The van der Waals surface area contributed by atoms with E-state index in [1.807, 2.05) is 0 Å². The molecule has 0 saturated heterocycles. The Balaban J connectivity index is 0.00000147. The third kappa shape index (κ3) is 2.78. The molecule has 3 aromatic rings. The molecule has 0 saturated carbocycles. The van der Waals surface area contributed by atoms with Crippen molar-refractivity contribution in [3.8, 4) is 0 Å². The molecule has 0 unspecified atom stereocenters. The fourth-order valence-corrected chi connectivity index (χ4v) is 2.61. The van der Waals surface area contributed by atoms with Crippen LogP contribution >= 0.6 is 12.4 Å². The maximum Gasteiger partial charge on any atom is 0.0218 e. The topological polar surface area (TPSA) is 38.0 Å². The molecule has 3 heteroatoms. The lowest BCUT2D eigenvalue weighted by Gasteiger charge is -2.12. The first kappa shape index (κ1) is 14.8. The van der Waals surface area contributed by atoms with Crippen molar-refractivity contribution in [3.63, 3.8) is 0 Å². The minimum Gasteiger partial charge on any atom is -0.329 e. The molecule has 0 aliphatic carbocycles. The number of nitrogens with one attached hydrogen (secondary N) is 1. The van der Waals surface area contributed by atoms with Crippen LogP contribution in [0.3, 0.4) is 0 Å². The quantitative estimate of drug-likeness (QED) is 0.569. The molecular formula is C17H19ClN2. The summed E-state index contributed by atoms with van der Waals surface area (Å²) >= 11 is 0. The summed E-state index contributed by atoms with van der Waals surface area (Å²) in [4.78, 5) is 0. The van der Waals surface area contributed by atoms with Crippen molar-refractivity contribution in [2.45, 2.75) is 6.54 Å². The van der Waals surface area contributed by atoms with Gasteiger partial charge in [-0.3, -0.25) is 0 Å². The first-order chi connectivity index (χ1) is 9.40. The van der Waals surface area contributed by atoms with E-state index in [1.165, 1.54) is 27.1 Å². The molecular weight excluding hydrogens is 268 g/mol. The average Bonchev–Trinajstić information content (AvgIpc) is 2.46. The third-order valence-electron chi connectivity index (χ3n) is 3.51. The number of halogens is 1. The molecule has 0 aromatic heterocycles. The Morgan fingerprint density at radius 1 is 0.850 bits per heavy atom. The summed E-state index contributed by atoms with van der Waals surface area (Å²) in [5.41, 5.74) is 6.92. The Morgan fingerprint density at radius 3 is 1.95 bits per heavy atom. The van der Waals surface area contributed by atoms with Crippen LogP contribution in [0.1, 0.15) is 5.56 Å². The molecule has 3 N–H and O–H groups in total. The maximum atomic E-state index is 5.56. The lowest BCUT2D eigenvalue weighted by molar-refractivity contribution is 0.700. The first-order valence-corrected chi connectivity index (χ1v) is 6.70. The number of fused-ring (bicyclic) bond motifs is 2. The van der Waals surface area contributed by atoms with E-state index < -0.39 is 0 Å². The van der Waals surface area contributed by atoms with Gasteiger partial charge in [0.1, 0.15) is 0 Å². The van der Waals surface area contributed by atoms with Gasteiger partial charge in [0.2, 0.25) is 0 Å². The smallest absolute Gasteiger partial charge is 0.0218 e. The monoisotopic (exact) mass is 286 g/mol. The van der Waals surface area contributed by atoms with E-state index in [0.717, 1.165) is 13.1 Å². The largest absolute Gasteiger partial charge is 0.329 e. The Morgan fingerprint density at radius 2 is 1.40 bits per heavy atom. The molecule has 0 aliphatic rings. The molecule has 3 rings (SSSR count). The zero-order chi connectivity index (χ0) is 13.1. The van der Waals surface area contributed by atoms with Crippen LogP contribution in [0.15, 0.2) is 54.6 Å². The lowest BCUT2D eigenvalue weighted by atomic mass is 9.97. The molecule has 0 radical (unpaired) electrons. The second kappa shape index (κ2) is 6.71. The van der Waals surface area contributed by atoms with Gasteiger partial charge in [-0.1, -0.05) is 48.5 Å². The Bertz CT molecular complexity index is 655. The third-order valence-corrected chi connectivity index (χ3v) is 3.51. The van der Waals surface area contributed by atoms with Crippen LogP contribution < -0.4 is 11.1 Å². The Labute approximate surface area is 125 Å². The number of nitrogens with two attached hydrogens (primary N) is 1. The predicted molar refractivity (Wildman–Crippen MR) is 89.5 cm³/mol. The van der Waals surface area contributed by atoms with Crippen LogP contribution in [-0.4, -0.2) is 13.1 Å². The zero-order valence-corrected chi connectivity index (χ0v) is 12.1. The first-order valence-electron chi connectivity index (χ1n) is 6.70. The molecule has 104 valence electrons. The van der Waals surface area contributed by atoms with E-state index >= 15 is 0 Å². The van der Waals surface area contributed by atoms with Crippen molar-refractivity contribution in [1.82, 2.24) is 5.32 Å². The number of hydrogen-bond acceptors (Lipinski definition) is 2. The number of benzene rings is 3. The van der Waals surface area contributed by atoms with Gasteiger partial charge in [0, 0.05) is 19.6 Å². The van der Waals surface area contributed by atoms with E-state index in [-0.39, 0.29) is 12.4 Å². The molecule has 0 amide bonds. The molecule has 2 nitrogen and oxygen atoms in total. The fourth-order valence-electron chi connectivity index (χ4n) is 2.61. The summed E-state index contributed by atoms with van der Waals surface area (Å²) in [5.74, 6) is 0. The summed E-state index contributed by atoms with van der Waals surface area (Å²) in [6, 6.07) is 19.4. The highest BCUT2D eigenvalue weighted by molar-refractivity contribution is 6.02. The molecule has 0 fully saturated rings. The van der Waals surface area contributed by atoms with Crippen LogP contribution in [0.4, 0.5) is 0 Å². The van der Waals surface area contributed by atoms with Gasteiger partial charge >= 0.3 is 0 Å². The van der Waals surface area contributed by atoms with Gasteiger partial charge < -0.3 is 11.1 Å². The standard InChI is InChI=1S/C17H18N2.ClH/c18-9-10-19-12-17-15-7-3-1-5-13(15)11-14-6-2-4-8-16(14)17;/h1-8,11,19H,9-10,12,18H2;1H. The molecule has 0 bridgehead atoms. The zero-order valence-electron chi connectivity index (χ0n) is 11.3. The Hall–Kier alpha value is -1.61. The fraction of sp³-hybridized carbons (Fsp3) is 0.176. The minimum atomic E-state index is 0. The molecule has 0 atom stereocenters. The van der Waals surface area contributed by atoms with Crippen molar-refractivity contribution >= 4 is 34.0 Å². The SMILES string of the molecule is Cl.NCCNCc1c2ccccc2cc2ccccc12. The van der Waals surface area contributed by atoms with Gasteiger partial charge in [-0.25, -0.2) is 0 Å². The molecule has 20 heavy (non-hydrogen) atoms. The summed E-state index contributed by atoms with van der Waals surface area (Å²) in [7, 11) is 0. The van der Waals surface area contributed by atoms with Crippen molar-refractivity contribution in [3.05, 3.63) is 60.2 Å². The molecule has 3 aromatic carbocycles. The second-order valence-corrected chi connectivity index (χ2v) is 4.76. The van der Waals surface area contributed by atoms with Gasteiger partial charge in [-0.2, -0.15) is 0 Å². The van der Waals surface area contributed by atoms with Gasteiger partial charge in [0.15, 0.2) is 0 Å². The normalized spacial score (nSPS) is 10.7. The molecule has 0 spiro atoms. The highest BCUT2D eigenvalue weighted by Gasteiger charge is 2.06. The molecule has 0 aliphatic heterocycles. The van der Waals surface area contributed by atoms with Crippen LogP contribution in [0.5, 0.6) is 0 Å². The van der Waals surface area contributed by atoms with Gasteiger partial charge in [-0.15, -0.1) is 12.4 Å². The maximum absolute atomic E-state index is 5.56. The lowest BCUT2D eigenvalue weighted by Crippen LogP contribution is -2.22. The number of hydrogen-bond donors (Lipinski definition) is 2. The van der Waals surface area contributed by atoms with Gasteiger partial charge in [0.25, 0.3) is 0 Å². The van der Waals surface area contributed by atoms with E-state index in [9.17, 15) is 0 Å². The van der Waals surface area contributed by atoms with Crippen molar-refractivity contribution in [2.75, 3.05) is 13.1 Å². The van der Waals surface area contributed by atoms with E-state index in [1.54, 1.807) is 0 Å². The van der Waals surface area contributed by atoms with Crippen LogP contribution in [-0.2, 0) is 6.54 Å². The van der Waals surface area contributed by atoms with E-state index in [4.69, 9.17) is 5.73 Å². The van der Waals surface area contributed by atoms with Crippen LogP contribution in [0.25, 0.3) is 21.5 Å². The van der Waals surface area contributed by atoms with Crippen LogP contribution in [0.2, 0.25) is 0 Å². The highest BCUT2D eigenvalue weighted by atomic mass is 35.5. The average molecular weight is 287 g/mol. The van der Waals surface area contributed by atoms with E-state index in [2.05, 4.69) is 59.9 Å². The van der Waals surface area contributed by atoms with Gasteiger partial charge in [-0.05, 0) is 33.2 Å². The van der Waals surface area contributed by atoms with Crippen molar-refractivity contribution < 1.29 is 0 Å². The van der Waals surface area contributed by atoms with Crippen molar-refractivity contribution in [1.29, 1.82) is 0 Å². The summed E-state index contributed by atoms with van der Waals surface area (Å²) in [6.45, 7) is 2.37. The predicted octanol–water partition coefficient (Wildman–Crippen LogP) is 3.46. The van der Waals surface area contributed by atoms with Crippen LogP contribution in [0, 0.1) is 0 Å². The number of rotatable bonds is 4. The highest BCUT2D eigenvalue weighted by Crippen LogP contribution is 2.28. The summed E-state index contributed by atoms with van der Waals surface area (Å²) in [6.07, 6.45) is 0.